The minimum absolute atomic E-state index is 0.223. The Labute approximate surface area is 215 Å². The molecule has 0 atom stereocenters. The van der Waals surface area contributed by atoms with E-state index in [1.54, 1.807) is 37.5 Å². The van der Waals surface area contributed by atoms with Crippen LogP contribution in [0.3, 0.4) is 0 Å². The Bertz CT molecular complexity index is 914. The molecule has 0 radical (unpaired) electrons. The minimum atomic E-state index is -0.311. The van der Waals surface area contributed by atoms with Crippen molar-refractivity contribution in [2.75, 3.05) is 65.0 Å². The van der Waals surface area contributed by atoms with Crippen LogP contribution in [0.25, 0.3) is 0 Å². The van der Waals surface area contributed by atoms with Crippen molar-refractivity contribution >= 4 is 29.5 Å². The van der Waals surface area contributed by atoms with Crippen LogP contribution in [0.2, 0.25) is 0 Å². The first-order valence-corrected chi connectivity index (χ1v) is 12.6. The quantitative estimate of drug-likeness (QED) is 0.444. The van der Waals surface area contributed by atoms with E-state index >= 15 is 0 Å². The van der Waals surface area contributed by atoms with E-state index in [1.807, 2.05) is 0 Å². The number of carbonyl (C=O) groups is 2. The van der Waals surface area contributed by atoms with Crippen molar-refractivity contribution in [1.29, 1.82) is 0 Å². The van der Waals surface area contributed by atoms with E-state index in [4.69, 9.17) is 0 Å². The predicted octanol–water partition coefficient (Wildman–Crippen LogP) is 2.58. The number of piperazine rings is 1. The molecule has 0 bridgehead atoms. The number of rotatable bonds is 6. The summed E-state index contributed by atoms with van der Waals surface area (Å²) in [6, 6.07) is 7.32. The molecule has 0 unspecified atom stereocenters. The first-order valence-electron chi connectivity index (χ1n) is 12.6. The molecular formula is C26H42N8O2. The van der Waals surface area contributed by atoms with Gasteiger partial charge in [0.2, 0.25) is 0 Å². The molecule has 0 spiro atoms. The molecule has 2 heterocycles. The average molecular weight is 499 g/mol. The maximum absolute atomic E-state index is 12.1. The molecule has 1 amide bonds. The van der Waals surface area contributed by atoms with Gasteiger partial charge in [0.15, 0.2) is 11.5 Å². The second-order valence-corrected chi connectivity index (χ2v) is 8.98. The lowest BCUT2D eigenvalue weighted by atomic mass is 9.96. The molecule has 5 N–H and O–H groups in total. The normalized spacial score (nSPS) is 16.5. The molecule has 1 aromatic carbocycles. The fraction of sp³-hybridized carbons (Fsp3) is 0.538. The molecule has 1 saturated heterocycles. The number of nitrogens with zero attached hydrogens (tertiary/aromatic N) is 4. The Morgan fingerprint density at radius 3 is 2.11 bits per heavy atom. The van der Waals surface area contributed by atoms with Gasteiger partial charge in [-0.3, -0.25) is 9.59 Å². The molecule has 2 aliphatic rings. The summed E-state index contributed by atoms with van der Waals surface area (Å²) in [5.74, 6) is 0.717. The van der Waals surface area contributed by atoms with Crippen molar-refractivity contribution < 1.29 is 9.59 Å². The predicted molar refractivity (Wildman–Crippen MR) is 146 cm³/mol. The summed E-state index contributed by atoms with van der Waals surface area (Å²) in [7, 11) is 7.40. The highest BCUT2D eigenvalue weighted by atomic mass is 16.1. The monoisotopic (exact) mass is 498 g/mol. The smallest absolute Gasteiger partial charge is 0.273 e. The number of nitrogens with one attached hydrogen (secondary N) is 3. The average Bonchev–Trinajstić information content (AvgIpc) is 2.92. The van der Waals surface area contributed by atoms with Gasteiger partial charge in [0.05, 0.1) is 6.20 Å². The number of hydrogen-bond donors (Lipinski definition) is 4. The molecule has 1 aliphatic carbocycles. The van der Waals surface area contributed by atoms with Crippen LogP contribution in [0.4, 0.5) is 17.3 Å². The first kappa shape index (κ1) is 29.2. The van der Waals surface area contributed by atoms with Crippen LogP contribution in [0.1, 0.15) is 53.0 Å². The molecule has 1 aromatic heterocycles. The van der Waals surface area contributed by atoms with Crippen LogP contribution in [0.5, 0.6) is 0 Å². The number of amides is 1. The fourth-order valence-electron chi connectivity index (χ4n) is 3.97. The van der Waals surface area contributed by atoms with Gasteiger partial charge in [-0.2, -0.15) is 0 Å². The standard InChI is InChI=1S/C19H23N5O2.C6H14N2.CH5N/c1-20-19(26)17-18(23-15-9-7-13(12-25)8-10-15)24-16(11-21-17)22-14-5-3-2-4-6-14;1-7-3-5-8(2)6-4-7;1-2/h7-12,14H,2-6H2,1H3,(H,20,26)(H2,22,23,24);3-6H2,1-2H3;2H2,1H3. The van der Waals surface area contributed by atoms with Gasteiger partial charge in [-0.25, -0.2) is 9.97 Å². The molecule has 10 heteroatoms. The van der Waals surface area contributed by atoms with Crippen molar-refractivity contribution in [1.82, 2.24) is 25.1 Å². The van der Waals surface area contributed by atoms with Crippen molar-refractivity contribution in [3.8, 4) is 0 Å². The van der Waals surface area contributed by atoms with E-state index in [0.29, 0.717) is 23.2 Å². The highest BCUT2D eigenvalue weighted by Crippen LogP contribution is 2.23. The van der Waals surface area contributed by atoms with Crippen LogP contribution in [0.15, 0.2) is 30.5 Å². The van der Waals surface area contributed by atoms with E-state index in [9.17, 15) is 9.59 Å². The second-order valence-electron chi connectivity index (χ2n) is 8.98. The number of nitrogens with two attached hydrogens (primary N) is 1. The Morgan fingerprint density at radius 2 is 1.58 bits per heavy atom. The second kappa shape index (κ2) is 15.8. The van der Waals surface area contributed by atoms with E-state index in [-0.39, 0.29) is 11.6 Å². The van der Waals surface area contributed by atoms with E-state index in [1.165, 1.54) is 52.5 Å². The molecule has 4 rings (SSSR count). The summed E-state index contributed by atoms with van der Waals surface area (Å²) in [6.45, 7) is 4.93. The highest BCUT2D eigenvalue weighted by Gasteiger charge is 2.18. The Morgan fingerprint density at radius 1 is 1.00 bits per heavy atom. The zero-order valence-corrected chi connectivity index (χ0v) is 22.1. The van der Waals surface area contributed by atoms with Gasteiger partial charge in [-0.15, -0.1) is 0 Å². The number of hydrogen-bond acceptors (Lipinski definition) is 9. The van der Waals surface area contributed by atoms with Crippen LogP contribution in [-0.2, 0) is 0 Å². The molecular weight excluding hydrogens is 456 g/mol. The zero-order chi connectivity index (χ0) is 26.3. The van der Waals surface area contributed by atoms with Gasteiger partial charge in [-0.05, 0) is 58.3 Å². The highest BCUT2D eigenvalue weighted by molar-refractivity contribution is 5.97. The van der Waals surface area contributed by atoms with E-state index in [2.05, 4.69) is 55.5 Å². The van der Waals surface area contributed by atoms with Gasteiger partial charge in [0.25, 0.3) is 5.91 Å². The third-order valence-corrected chi connectivity index (χ3v) is 6.21. The Hall–Kier alpha value is -3.08. The summed E-state index contributed by atoms with van der Waals surface area (Å²) in [5.41, 5.74) is 6.03. The summed E-state index contributed by atoms with van der Waals surface area (Å²) >= 11 is 0. The number of carbonyl (C=O) groups excluding carboxylic acids is 2. The van der Waals surface area contributed by atoms with Gasteiger partial charge in [-0.1, -0.05) is 19.3 Å². The topological polar surface area (TPSA) is 129 Å². The minimum Gasteiger partial charge on any atom is -0.366 e. The lowest BCUT2D eigenvalue weighted by Crippen LogP contribution is -2.42. The molecule has 2 aromatic rings. The molecule has 198 valence electrons. The number of likely N-dealkylation sites (N-methyl/N-ethyl adjacent to an activating group) is 2. The van der Waals surface area contributed by atoms with Crippen LogP contribution in [0, 0.1) is 0 Å². The lowest BCUT2D eigenvalue weighted by Gasteiger charge is -2.28. The molecule has 36 heavy (non-hydrogen) atoms. The Kier molecular flexibility index (Phi) is 12.8. The number of aldehydes is 1. The number of aromatic nitrogens is 2. The largest absolute Gasteiger partial charge is 0.366 e. The Balaban J connectivity index is 0.000000384. The van der Waals surface area contributed by atoms with Crippen molar-refractivity contribution in [2.24, 2.45) is 5.73 Å². The summed E-state index contributed by atoms with van der Waals surface area (Å²) < 4.78 is 0. The van der Waals surface area contributed by atoms with Crippen molar-refractivity contribution in [2.45, 2.75) is 38.1 Å². The molecule has 2 fully saturated rings. The summed E-state index contributed by atoms with van der Waals surface area (Å²) in [5, 5.41) is 9.12. The zero-order valence-electron chi connectivity index (χ0n) is 22.1. The molecule has 1 saturated carbocycles. The van der Waals surface area contributed by atoms with Crippen LogP contribution >= 0.6 is 0 Å². The van der Waals surface area contributed by atoms with Gasteiger partial charge in [0, 0.05) is 50.5 Å². The van der Waals surface area contributed by atoms with Gasteiger partial charge in [0.1, 0.15) is 12.1 Å². The molecule has 10 nitrogen and oxygen atoms in total. The van der Waals surface area contributed by atoms with Crippen LogP contribution in [-0.4, -0.2) is 92.4 Å². The van der Waals surface area contributed by atoms with Crippen LogP contribution < -0.4 is 21.7 Å². The summed E-state index contributed by atoms with van der Waals surface area (Å²) in [6.07, 6.45) is 8.34. The molecule has 1 aliphatic heterocycles. The fourth-order valence-corrected chi connectivity index (χ4v) is 3.97. The van der Waals surface area contributed by atoms with Crippen molar-refractivity contribution in [3.05, 3.63) is 41.7 Å². The summed E-state index contributed by atoms with van der Waals surface area (Å²) in [4.78, 5) is 36.5. The third kappa shape index (κ3) is 9.52. The maximum Gasteiger partial charge on any atom is 0.273 e. The number of anilines is 3. The lowest BCUT2D eigenvalue weighted by molar-refractivity contribution is 0.0958. The van der Waals surface area contributed by atoms with E-state index < -0.39 is 0 Å². The number of benzene rings is 1. The van der Waals surface area contributed by atoms with E-state index in [0.717, 1.165) is 24.8 Å². The van der Waals surface area contributed by atoms with Gasteiger partial charge >= 0.3 is 0 Å². The third-order valence-electron chi connectivity index (χ3n) is 6.21. The van der Waals surface area contributed by atoms with Gasteiger partial charge < -0.3 is 31.5 Å². The SMILES string of the molecule is CN.CN1CCN(C)CC1.CNC(=O)c1ncc(NC2CCCCC2)nc1Nc1ccc(C=O)cc1. The first-order chi connectivity index (χ1) is 17.5. The maximum atomic E-state index is 12.1. The van der Waals surface area contributed by atoms with Crippen molar-refractivity contribution in [3.63, 3.8) is 0 Å².